The van der Waals surface area contributed by atoms with E-state index in [2.05, 4.69) is 0 Å². The smallest absolute Gasteiger partial charge is 0.338 e. The molecule has 2 aliphatic rings. The number of carbonyl (C=O) groups excluding carboxylic acids is 3. The highest BCUT2D eigenvalue weighted by molar-refractivity contribution is 5.89. The molecule has 1 atom stereocenters. The molecule has 164 valence electrons. The van der Waals surface area contributed by atoms with Crippen LogP contribution in [0.2, 0.25) is 0 Å². The Balaban J connectivity index is 1.54. The van der Waals surface area contributed by atoms with Crippen LogP contribution in [0.25, 0.3) is 0 Å². The summed E-state index contributed by atoms with van der Waals surface area (Å²) in [7, 11) is 0. The van der Waals surface area contributed by atoms with E-state index in [1.807, 2.05) is 6.07 Å². The number of hydrogen-bond donors (Lipinski definition) is 0. The first-order chi connectivity index (χ1) is 14.6. The van der Waals surface area contributed by atoms with E-state index in [-0.39, 0.29) is 37.0 Å². The Bertz CT molecular complexity index is 689. The summed E-state index contributed by atoms with van der Waals surface area (Å²) in [6.07, 6.45) is 8.93. The van der Waals surface area contributed by atoms with Crippen LogP contribution in [0, 0.1) is 11.8 Å². The lowest BCUT2D eigenvalue weighted by Gasteiger charge is -2.25. The highest BCUT2D eigenvalue weighted by Gasteiger charge is 2.28. The van der Waals surface area contributed by atoms with Gasteiger partial charge in [0, 0.05) is 0 Å². The fourth-order valence-electron chi connectivity index (χ4n) is 4.17. The minimum atomic E-state index is -0.792. The third-order valence-corrected chi connectivity index (χ3v) is 5.98. The van der Waals surface area contributed by atoms with Gasteiger partial charge in [0.25, 0.3) is 0 Å². The lowest BCUT2D eigenvalue weighted by molar-refractivity contribution is -0.167. The van der Waals surface area contributed by atoms with Crippen molar-refractivity contribution in [3.8, 4) is 0 Å². The zero-order valence-corrected chi connectivity index (χ0v) is 17.6. The van der Waals surface area contributed by atoms with Crippen molar-refractivity contribution in [2.24, 2.45) is 11.8 Å². The van der Waals surface area contributed by atoms with Gasteiger partial charge in [0.1, 0.15) is 13.2 Å². The van der Waals surface area contributed by atoms with Crippen LogP contribution in [0.3, 0.4) is 0 Å². The van der Waals surface area contributed by atoms with Gasteiger partial charge in [-0.3, -0.25) is 9.59 Å². The first-order valence-electron chi connectivity index (χ1n) is 11.2. The molecule has 2 fully saturated rings. The van der Waals surface area contributed by atoms with E-state index in [1.54, 1.807) is 24.3 Å². The summed E-state index contributed by atoms with van der Waals surface area (Å²) >= 11 is 0. The summed E-state index contributed by atoms with van der Waals surface area (Å²) in [6, 6.07) is 8.64. The number of rotatable bonds is 8. The van der Waals surface area contributed by atoms with Crippen molar-refractivity contribution in [3.05, 3.63) is 35.9 Å². The molecule has 1 aromatic carbocycles. The molecular weight excluding hydrogens is 384 g/mol. The fourth-order valence-corrected chi connectivity index (χ4v) is 4.17. The molecule has 0 saturated heterocycles. The number of esters is 3. The molecule has 30 heavy (non-hydrogen) atoms. The third kappa shape index (κ3) is 6.85. The molecule has 0 N–H and O–H groups in total. The Kier molecular flexibility index (Phi) is 8.72. The molecule has 1 aromatic rings. The normalized spacial score (nSPS) is 18.9. The maximum absolute atomic E-state index is 12.6. The molecule has 6 nitrogen and oxygen atoms in total. The van der Waals surface area contributed by atoms with Gasteiger partial charge in [-0.05, 0) is 37.8 Å². The molecule has 0 radical (unpaired) electrons. The Morgan fingerprint density at radius 1 is 0.733 bits per heavy atom. The summed E-state index contributed by atoms with van der Waals surface area (Å²) in [5.41, 5.74) is 0.425. The van der Waals surface area contributed by atoms with Gasteiger partial charge in [0.2, 0.25) is 0 Å². The van der Waals surface area contributed by atoms with Crippen molar-refractivity contribution >= 4 is 17.9 Å². The lowest BCUT2D eigenvalue weighted by Crippen LogP contribution is -2.34. The molecular formula is C24H32O6. The minimum absolute atomic E-state index is 0.0830. The zero-order valence-electron chi connectivity index (χ0n) is 17.6. The average Bonchev–Trinajstić information content (AvgIpc) is 2.82. The number of carbonyl (C=O) groups is 3. The molecule has 0 aromatic heterocycles. The average molecular weight is 417 g/mol. The SMILES string of the molecule is O=C(OCC(COC(=O)C1CCCCC1)OC(=O)C1CCCCC1)c1ccccc1. The van der Waals surface area contributed by atoms with Crippen LogP contribution in [0.1, 0.15) is 74.6 Å². The number of ether oxygens (including phenoxy) is 3. The van der Waals surface area contributed by atoms with E-state index in [0.717, 1.165) is 64.2 Å². The molecule has 2 saturated carbocycles. The van der Waals surface area contributed by atoms with Crippen molar-refractivity contribution in [3.63, 3.8) is 0 Å². The second kappa shape index (κ2) is 11.7. The maximum atomic E-state index is 12.6. The summed E-state index contributed by atoms with van der Waals surface area (Å²) in [5.74, 6) is -1.24. The van der Waals surface area contributed by atoms with E-state index in [4.69, 9.17) is 14.2 Å². The summed E-state index contributed by atoms with van der Waals surface area (Å²) < 4.78 is 16.4. The van der Waals surface area contributed by atoms with Crippen LogP contribution in [0.15, 0.2) is 30.3 Å². The van der Waals surface area contributed by atoms with Gasteiger partial charge in [-0.2, -0.15) is 0 Å². The van der Waals surface area contributed by atoms with Gasteiger partial charge >= 0.3 is 17.9 Å². The van der Waals surface area contributed by atoms with E-state index >= 15 is 0 Å². The van der Waals surface area contributed by atoms with Crippen LogP contribution < -0.4 is 0 Å². The van der Waals surface area contributed by atoms with Crippen molar-refractivity contribution in [1.29, 1.82) is 0 Å². The van der Waals surface area contributed by atoms with Crippen LogP contribution in [-0.4, -0.2) is 37.2 Å². The molecule has 1 unspecified atom stereocenters. The Morgan fingerprint density at radius 3 is 1.87 bits per heavy atom. The molecule has 0 amide bonds. The second-order valence-corrected chi connectivity index (χ2v) is 8.32. The largest absolute Gasteiger partial charge is 0.461 e. The predicted molar refractivity (Wildman–Crippen MR) is 111 cm³/mol. The van der Waals surface area contributed by atoms with Gasteiger partial charge in [-0.1, -0.05) is 56.7 Å². The van der Waals surface area contributed by atoms with Crippen LogP contribution in [-0.2, 0) is 23.8 Å². The minimum Gasteiger partial charge on any atom is -0.461 e. The van der Waals surface area contributed by atoms with E-state index in [9.17, 15) is 14.4 Å². The van der Waals surface area contributed by atoms with Gasteiger partial charge < -0.3 is 14.2 Å². The molecule has 0 aliphatic heterocycles. The Morgan fingerprint density at radius 2 is 1.27 bits per heavy atom. The molecule has 0 bridgehead atoms. The first kappa shape index (κ1) is 22.3. The van der Waals surface area contributed by atoms with Crippen molar-refractivity contribution in [2.45, 2.75) is 70.3 Å². The summed E-state index contributed by atoms with van der Waals surface area (Å²) in [4.78, 5) is 37.2. The maximum Gasteiger partial charge on any atom is 0.338 e. The van der Waals surface area contributed by atoms with Crippen LogP contribution in [0.4, 0.5) is 0 Å². The topological polar surface area (TPSA) is 78.9 Å². The van der Waals surface area contributed by atoms with E-state index < -0.39 is 12.1 Å². The standard InChI is InChI=1S/C24H32O6/c25-22(18-10-4-1-5-11-18)28-16-21(30-24(27)20-14-8-3-9-15-20)17-29-23(26)19-12-6-2-7-13-19/h1,4-5,10-11,19-21H,2-3,6-9,12-17H2. The molecule has 6 heteroatoms. The van der Waals surface area contributed by atoms with Gasteiger partial charge in [0.05, 0.1) is 17.4 Å². The van der Waals surface area contributed by atoms with E-state index in [1.165, 1.54) is 0 Å². The zero-order chi connectivity index (χ0) is 21.2. The predicted octanol–water partition coefficient (Wildman–Crippen LogP) is 4.46. The molecule has 0 heterocycles. The number of benzene rings is 1. The van der Waals surface area contributed by atoms with Gasteiger partial charge in [-0.25, -0.2) is 4.79 Å². The third-order valence-electron chi connectivity index (χ3n) is 5.98. The van der Waals surface area contributed by atoms with Crippen LogP contribution >= 0.6 is 0 Å². The first-order valence-corrected chi connectivity index (χ1v) is 11.2. The highest BCUT2D eigenvalue weighted by atomic mass is 16.6. The quantitative estimate of drug-likeness (QED) is 0.460. The van der Waals surface area contributed by atoms with Crippen molar-refractivity contribution < 1.29 is 28.6 Å². The van der Waals surface area contributed by atoms with Crippen molar-refractivity contribution in [2.75, 3.05) is 13.2 Å². The fraction of sp³-hybridized carbons (Fsp3) is 0.625. The molecule has 2 aliphatic carbocycles. The molecule has 0 spiro atoms. The Hall–Kier alpha value is -2.37. The van der Waals surface area contributed by atoms with Gasteiger partial charge in [0.15, 0.2) is 6.10 Å². The lowest BCUT2D eigenvalue weighted by atomic mass is 9.89. The number of hydrogen-bond acceptors (Lipinski definition) is 6. The molecule has 3 rings (SSSR count). The van der Waals surface area contributed by atoms with Gasteiger partial charge in [-0.15, -0.1) is 0 Å². The second-order valence-electron chi connectivity index (χ2n) is 8.32. The Labute approximate surface area is 178 Å². The summed E-state index contributed by atoms with van der Waals surface area (Å²) in [6.45, 7) is -0.222. The monoisotopic (exact) mass is 416 g/mol. The summed E-state index contributed by atoms with van der Waals surface area (Å²) in [5, 5.41) is 0. The van der Waals surface area contributed by atoms with E-state index in [0.29, 0.717) is 5.56 Å². The van der Waals surface area contributed by atoms with Crippen molar-refractivity contribution in [1.82, 2.24) is 0 Å². The highest BCUT2D eigenvalue weighted by Crippen LogP contribution is 2.26. The van der Waals surface area contributed by atoms with Crippen LogP contribution in [0.5, 0.6) is 0 Å².